The van der Waals surface area contributed by atoms with E-state index in [2.05, 4.69) is 5.32 Å². The van der Waals surface area contributed by atoms with Crippen molar-refractivity contribution in [1.29, 1.82) is 0 Å². The quantitative estimate of drug-likeness (QED) is 0.765. The molecule has 23 heavy (non-hydrogen) atoms. The Morgan fingerprint density at radius 1 is 1.04 bits per heavy atom. The number of rotatable bonds is 7. The second-order valence-corrected chi connectivity index (χ2v) is 5.78. The van der Waals surface area contributed by atoms with Gasteiger partial charge in [-0.3, -0.25) is 0 Å². The van der Waals surface area contributed by atoms with E-state index in [4.69, 9.17) is 16.3 Å². The van der Waals surface area contributed by atoms with Gasteiger partial charge in [0.1, 0.15) is 6.61 Å². The molecule has 1 amide bonds. The van der Waals surface area contributed by atoms with Crippen LogP contribution in [0.25, 0.3) is 0 Å². The standard InChI is InChI=1S/C18H20ClNO3/c19-16(11-14-7-3-1-4-8-14)17(21)12-20-18(22)23-13-15-9-5-2-6-10-15/h1-10,16-17,21H,11-13H2,(H,20,22)/t16-,17?/m0/s1. The number of aliphatic hydroxyl groups excluding tert-OH is 1. The van der Waals surface area contributed by atoms with Gasteiger partial charge in [-0.1, -0.05) is 60.7 Å². The molecule has 2 aromatic carbocycles. The van der Waals surface area contributed by atoms with Crippen LogP contribution in [-0.4, -0.2) is 29.2 Å². The SMILES string of the molecule is O=C(NCC(O)[C@@H](Cl)Cc1ccccc1)OCc1ccccc1. The summed E-state index contributed by atoms with van der Waals surface area (Å²) in [5.74, 6) is 0. The Bertz CT molecular complexity index is 592. The minimum absolute atomic E-state index is 0.0502. The molecule has 0 spiro atoms. The van der Waals surface area contributed by atoms with Gasteiger partial charge >= 0.3 is 6.09 Å². The number of amides is 1. The fourth-order valence-corrected chi connectivity index (χ4v) is 2.33. The van der Waals surface area contributed by atoms with E-state index < -0.39 is 17.6 Å². The van der Waals surface area contributed by atoms with E-state index in [-0.39, 0.29) is 13.2 Å². The highest BCUT2D eigenvalue weighted by atomic mass is 35.5. The van der Waals surface area contributed by atoms with Crippen molar-refractivity contribution < 1.29 is 14.6 Å². The van der Waals surface area contributed by atoms with Crippen molar-refractivity contribution in [3.8, 4) is 0 Å². The minimum Gasteiger partial charge on any atom is -0.445 e. The monoisotopic (exact) mass is 333 g/mol. The zero-order valence-corrected chi connectivity index (χ0v) is 13.4. The predicted octanol–water partition coefficient (Wildman–Crippen LogP) is 3.12. The van der Waals surface area contributed by atoms with Crippen LogP contribution in [0.2, 0.25) is 0 Å². The number of carbonyl (C=O) groups excluding carboxylic acids is 1. The molecule has 1 unspecified atom stereocenters. The smallest absolute Gasteiger partial charge is 0.407 e. The van der Waals surface area contributed by atoms with Gasteiger partial charge in [0, 0.05) is 6.54 Å². The molecule has 2 atom stereocenters. The normalized spacial score (nSPS) is 13.1. The number of alkyl carbamates (subject to hydrolysis) is 1. The van der Waals surface area contributed by atoms with Gasteiger partial charge < -0.3 is 15.2 Å². The summed E-state index contributed by atoms with van der Waals surface area (Å²) in [5.41, 5.74) is 1.95. The topological polar surface area (TPSA) is 58.6 Å². The number of carbonyl (C=O) groups is 1. The fraction of sp³-hybridized carbons (Fsp3) is 0.278. The average molecular weight is 334 g/mol. The Hall–Kier alpha value is -2.04. The van der Waals surface area contributed by atoms with Crippen molar-refractivity contribution in [2.75, 3.05) is 6.54 Å². The molecular weight excluding hydrogens is 314 g/mol. The van der Waals surface area contributed by atoms with E-state index in [0.717, 1.165) is 11.1 Å². The van der Waals surface area contributed by atoms with Crippen LogP contribution in [0.3, 0.4) is 0 Å². The molecule has 0 bridgehead atoms. The van der Waals surface area contributed by atoms with Crippen molar-refractivity contribution >= 4 is 17.7 Å². The summed E-state index contributed by atoms with van der Waals surface area (Å²) >= 11 is 6.18. The lowest BCUT2D eigenvalue weighted by molar-refractivity contribution is 0.124. The third-order valence-electron chi connectivity index (χ3n) is 3.36. The number of aliphatic hydroxyl groups is 1. The summed E-state index contributed by atoms with van der Waals surface area (Å²) in [4.78, 5) is 11.6. The molecule has 0 aliphatic rings. The second-order valence-electron chi connectivity index (χ2n) is 5.22. The molecule has 0 aromatic heterocycles. The van der Waals surface area contributed by atoms with Crippen molar-refractivity contribution in [3.63, 3.8) is 0 Å². The van der Waals surface area contributed by atoms with Gasteiger partial charge in [0.25, 0.3) is 0 Å². The van der Waals surface area contributed by atoms with E-state index >= 15 is 0 Å². The summed E-state index contributed by atoms with van der Waals surface area (Å²) in [7, 11) is 0. The summed E-state index contributed by atoms with van der Waals surface area (Å²) in [6.45, 7) is 0.242. The number of hydrogen-bond donors (Lipinski definition) is 2. The molecule has 0 aliphatic heterocycles. The number of ether oxygens (including phenoxy) is 1. The molecule has 0 aliphatic carbocycles. The van der Waals surface area contributed by atoms with Gasteiger partial charge in [-0.05, 0) is 17.5 Å². The largest absolute Gasteiger partial charge is 0.445 e. The molecule has 5 heteroatoms. The van der Waals surface area contributed by atoms with Crippen LogP contribution < -0.4 is 5.32 Å². The molecule has 2 N–H and O–H groups in total. The lowest BCUT2D eigenvalue weighted by Gasteiger charge is -2.17. The first-order chi connectivity index (χ1) is 11.1. The van der Waals surface area contributed by atoms with E-state index in [1.807, 2.05) is 60.7 Å². The number of benzene rings is 2. The highest BCUT2D eigenvalue weighted by Gasteiger charge is 2.18. The van der Waals surface area contributed by atoms with Gasteiger partial charge in [0.15, 0.2) is 0 Å². The Kier molecular flexibility index (Phi) is 6.91. The molecule has 0 saturated heterocycles. The zero-order chi connectivity index (χ0) is 16.5. The fourth-order valence-electron chi connectivity index (χ4n) is 2.07. The molecule has 0 heterocycles. The van der Waals surface area contributed by atoms with Crippen molar-refractivity contribution in [2.45, 2.75) is 24.5 Å². The van der Waals surface area contributed by atoms with E-state index in [0.29, 0.717) is 6.42 Å². The van der Waals surface area contributed by atoms with Gasteiger partial charge in [-0.2, -0.15) is 0 Å². The summed E-state index contributed by atoms with van der Waals surface area (Å²) in [6, 6.07) is 19.1. The van der Waals surface area contributed by atoms with E-state index in [1.54, 1.807) is 0 Å². The molecule has 122 valence electrons. The van der Waals surface area contributed by atoms with Crippen LogP contribution in [0, 0.1) is 0 Å². The number of nitrogens with one attached hydrogen (secondary N) is 1. The molecular formula is C18H20ClNO3. The number of hydrogen-bond acceptors (Lipinski definition) is 3. The van der Waals surface area contributed by atoms with Crippen LogP contribution in [0.5, 0.6) is 0 Å². The van der Waals surface area contributed by atoms with Crippen molar-refractivity contribution in [3.05, 3.63) is 71.8 Å². The van der Waals surface area contributed by atoms with Gasteiger partial charge in [-0.15, -0.1) is 11.6 Å². The molecule has 2 aromatic rings. The molecule has 0 radical (unpaired) electrons. The van der Waals surface area contributed by atoms with Gasteiger partial charge in [-0.25, -0.2) is 4.79 Å². The summed E-state index contributed by atoms with van der Waals surface area (Å²) in [5, 5.41) is 12.1. The maximum atomic E-state index is 11.6. The predicted molar refractivity (Wildman–Crippen MR) is 90.4 cm³/mol. The Morgan fingerprint density at radius 2 is 1.61 bits per heavy atom. The lowest BCUT2D eigenvalue weighted by atomic mass is 10.1. The molecule has 4 nitrogen and oxygen atoms in total. The van der Waals surface area contributed by atoms with Crippen molar-refractivity contribution in [2.24, 2.45) is 0 Å². The van der Waals surface area contributed by atoms with Crippen LogP contribution in [0.1, 0.15) is 11.1 Å². The van der Waals surface area contributed by atoms with Gasteiger partial charge in [0.2, 0.25) is 0 Å². The highest BCUT2D eigenvalue weighted by Crippen LogP contribution is 2.11. The third-order valence-corrected chi connectivity index (χ3v) is 3.80. The van der Waals surface area contributed by atoms with Crippen LogP contribution in [0.15, 0.2) is 60.7 Å². The summed E-state index contributed by atoms with van der Waals surface area (Å²) < 4.78 is 5.07. The first kappa shape index (κ1) is 17.3. The Morgan fingerprint density at radius 3 is 2.22 bits per heavy atom. The lowest BCUT2D eigenvalue weighted by Crippen LogP contribution is -2.37. The first-order valence-corrected chi connectivity index (χ1v) is 7.89. The van der Waals surface area contributed by atoms with Crippen LogP contribution in [0.4, 0.5) is 4.79 Å². The van der Waals surface area contributed by atoms with Crippen LogP contribution >= 0.6 is 11.6 Å². The Balaban J connectivity index is 1.68. The van der Waals surface area contributed by atoms with Crippen LogP contribution in [-0.2, 0) is 17.8 Å². The zero-order valence-electron chi connectivity index (χ0n) is 12.7. The average Bonchev–Trinajstić information content (AvgIpc) is 2.59. The maximum Gasteiger partial charge on any atom is 0.407 e. The summed E-state index contributed by atoms with van der Waals surface area (Å²) in [6.07, 6.45) is -0.887. The third kappa shape index (κ3) is 6.30. The maximum absolute atomic E-state index is 11.6. The van der Waals surface area contributed by atoms with Gasteiger partial charge in [0.05, 0.1) is 11.5 Å². The van der Waals surface area contributed by atoms with E-state index in [1.165, 1.54) is 0 Å². The number of halogens is 1. The molecule has 0 saturated carbocycles. The highest BCUT2D eigenvalue weighted by molar-refractivity contribution is 6.21. The van der Waals surface area contributed by atoms with Crippen molar-refractivity contribution in [1.82, 2.24) is 5.32 Å². The number of alkyl halides is 1. The molecule has 2 rings (SSSR count). The Labute approximate surface area is 141 Å². The first-order valence-electron chi connectivity index (χ1n) is 7.46. The minimum atomic E-state index is -0.846. The second kappa shape index (κ2) is 9.18. The van der Waals surface area contributed by atoms with E-state index in [9.17, 15) is 9.90 Å². The molecule has 0 fully saturated rings.